The van der Waals surface area contributed by atoms with E-state index in [1.165, 1.54) is 18.4 Å². The van der Waals surface area contributed by atoms with Gasteiger partial charge in [-0.1, -0.05) is 76.3 Å². The summed E-state index contributed by atoms with van der Waals surface area (Å²) in [5, 5.41) is 20.5. The van der Waals surface area contributed by atoms with E-state index in [-0.39, 0.29) is 11.8 Å². The van der Waals surface area contributed by atoms with Crippen molar-refractivity contribution < 1.29 is 14.6 Å². The number of aliphatic hydroxyl groups excluding tert-OH is 1. The molecule has 0 bridgehead atoms. The van der Waals surface area contributed by atoms with Gasteiger partial charge in [-0.3, -0.25) is 0 Å². The van der Waals surface area contributed by atoms with Gasteiger partial charge in [0.25, 0.3) is 0 Å². The normalized spacial score (nSPS) is 36.9. The van der Waals surface area contributed by atoms with Gasteiger partial charge in [-0.25, -0.2) is 4.39 Å². The van der Waals surface area contributed by atoms with Crippen LogP contribution in [0.4, 0.5) is 4.39 Å². The number of fused-ring (bicyclic) bond motifs is 1. The predicted molar refractivity (Wildman–Crippen MR) is 132 cm³/mol. The Hall–Kier alpha value is -1.45. The summed E-state index contributed by atoms with van der Waals surface area (Å²) in [6, 6.07) is 0. The first-order chi connectivity index (χ1) is 15.1. The first-order valence-electron chi connectivity index (χ1n) is 12.6. The zero-order chi connectivity index (χ0) is 23.5. The highest BCUT2D eigenvalue weighted by molar-refractivity contribution is 5.39. The quantitative estimate of drug-likeness (QED) is 0.416. The summed E-state index contributed by atoms with van der Waals surface area (Å²) in [6.45, 7) is 12.8. The van der Waals surface area contributed by atoms with Gasteiger partial charge < -0.3 is 10.2 Å². The van der Waals surface area contributed by atoms with Crippen LogP contribution in [0.15, 0.2) is 59.8 Å². The lowest BCUT2D eigenvalue weighted by Crippen LogP contribution is -2.36. The van der Waals surface area contributed by atoms with E-state index in [4.69, 9.17) is 0 Å². The maximum atomic E-state index is 14.1. The molecule has 0 amide bonds. The minimum Gasteiger partial charge on any atom is -0.393 e. The Bertz CT molecular complexity index is 800. The van der Waals surface area contributed by atoms with Crippen molar-refractivity contribution in [2.45, 2.75) is 96.9 Å². The van der Waals surface area contributed by atoms with Crippen LogP contribution in [-0.4, -0.2) is 28.1 Å². The van der Waals surface area contributed by atoms with Crippen molar-refractivity contribution in [2.75, 3.05) is 0 Å². The summed E-state index contributed by atoms with van der Waals surface area (Å²) in [4.78, 5) is 0. The van der Waals surface area contributed by atoms with Gasteiger partial charge in [-0.2, -0.15) is 0 Å². The van der Waals surface area contributed by atoms with Crippen LogP contribution < -0.4 is 0 Å². The highest BCUT2D eigenvalue weighted by Gasteiger charge is 2.47. The second kappa shape index (κ2) is 10.2. The van der Waals surface area contributed by atoms with Crippen molar-refractivity contribution in [2.24, 2.45) is 23.2 Å². The van der Waals surface area contributed by atoms with Crippen molar-refractivity contribution in [1.82, 2.24) is 0 Å². The van der Waals surface area contributed by atoms with Crippen LogP contribution >= 0.6 is 0 Å². The maximum absolute atomic E-state index is 14.1. The number of alkyl halides is 1. The lowest BCUT2D eigenvalue weighted by Gasteiger charge is -2.44. The first kappa shape index (κ1) is 25.2. The molecule has 6 atom stereocenters. The molecule has 0 aromatic heterocycles. The lowest BCUT2D eigenvalue weighted by molar-refractivity contribution is 0.0819. The van der Waals surface area contributed by atoms with Crippen molar-refractivity contribution in [3.05, 3.63) is 59.8 Å². The maximum Gasteiger partial charge on any atom is 0.127 e. The number of rotatable bonds is 7. The molecule has 0 spiro atoms. The minimum atomic E-state index is -1.14. The molecule has 2 fully saturated rings. The Morgan fingerprint density at radius 3 is 2.69 bits per heavy atom. The standard InChI is InChI=1S/C29H43FO2/c1-6-29(32,7-2)17-8-10-20(3)25-14-15-26-22(11-9-16-28(25,26)5)12-13-23-18-24(31)19-27(30)21(23)4/h8,12-15,17,20,24-27,31-32H,4,6-7,9-11,16,18-19H2,1-3,5H3. The molecule has 0 saturated heterocycles. The number of halogens is 1. The number of aliphatic hydroxyl groups is 2. The molecule has 6 unspecified atom stereocenters. The average Bonchev–Trinajstić information content (AvgIpc) is 3.12. The van der Waals surface area contributed by atoms with E-state index >= 15 is 0 Å². The lowest BCUT2D eigenvalue weighted by atomic mass is 9.60. The van der Waals surface area contributed by atoms with Crippen LogP contribution in [0.1, 0.15) is 79.1 Å². The molecule has 2 nitrogen and oxygen atoms in total. The van der Waals surface area contributed by atoms with E-state index in [9.17, 15) is 14.6 Å². The zero-order valence-corrected chi connectivity index (χ0v) is 20.5. The monoisotopic (exact) mass is 442 g/mol. The second-order valence-corrected chi connectivity index (χ2v) is 10.7. The fourth-order valence-corrected chi connectivity index (χ4v) is 6.17. The smallest absolute Gasteiger partial charge is 0.127 e. The Balaban J connectivity index is 1.73. The van der Waals surface area contributed by atoms with Gasteiger partial charge in [0.05, 0.1) is 11.7 Å². The second-order valence-electron chi connectivity index (χ2n) is 10.7. The molecule has 3 aliphatic rings. The molecule has 3 rings (SSSR count). The third-order valence-corrected chi connectivity index (χ3v) is 8.56. The fourth-order valence-electron chi connectivity index (χ4n) is 6.17. The summed E-state index contributed by atoms with van der Waals surface area (Å²) >= 11 is 0. The third-order valence-electron chi connectivity index (χ3n) is 8.56. The molecule has 2 saturated carbocycles. The van der Waals surface area contributed by atoms with Crippen molar-refractivity contribution in [1.29, 1.82) is 0 Å². The summed E-state index contributed by atoms with van der Waals surface area (Å²) in [5.74, 6) is 1.43. The zero-order valence-electron chi connectivity index (χ0n) is 20.5. The molecule has 32 heavy (non-hydrogen) atoms. The molecule has 0 aliphatic heterocycles. The van der Waals surface area contributed by atoms with Crippen LogP contribution in [0.25, 0.3) is 0 Å². The predicted octanol–water partition coefficient (Wildman–Crippen LogP) is 7.01. The molecule has 3 aliphatic carbocycles. The van der Waals surface area contributed by atoms with Crippen LogP contribution in [0.2, 0.25) is 0 Å². The first-order valence-corrected chi connectivity index (χ1v) is 12.6. The number of hydrogen-bond donors (Lipinski definition) is 2. The average molecular weight is 443 g/mol. The van der Waals surface area contributed by atoms with Crippen LogP contribution in [0.5, 0.6) is 0 Å². The van der Waals surface area contributed by atoms with E-state index in [0.29, 0.717) is 29.7 Å². The molecule has 0 aromatic carbocycles. The Labute approximate surface area is 194 Å². The van der Waals surface area contributed by atoms with Crippen molar-refractivity contribution >= 4 is 0 Å². The van der Waals surface area contributed by atoms with Gasteiger partial charge in [0.2, 0.25) is 0 Å². The van der Waals surface area contributed by atoms with E-state index < -0.39 is 17.9 Å². The van der Waals surface area contributed by atoms with Gasteiger partial charge in [0.15, 0.2) is 0 Å². The number of allylic oxidation sites excluding steroid dienone is 7. The largest absolute Gasteiger partial charge is 0.393 e. The van der Waals surface area contributed by atoms with Crippen molar-refractivity contribution in [3.63, 3.8) is 0 Å². The highest BCUT2D eigenvalue weighted by Crippen LogP contribution is 2.56. The third kappa shape index (κ3) is 5.20. The summed E-state index contributed by atoms with van der Waals surface area (Å²) < 4.78 is 14.1. The summed E-state index contributed by atoms with van der Waals surface area (Å²) in [6.07, 6.45) is 18.0. The molecule has 0 aromatic rings. The van der Waals surface area contributed by atoms with Crippen LogP contribution in [0.3, 0.4) is 0 Å². The van der Waals surface area contributed by atoms with Crippen molar-refractivity contribution in [3.8, 4) is 0 Å². The molecule has 0 radical (unpaired) electrons. The van der Waals surface area contributed by atoms with E-state index in [0.717, 1.165) is 31.3 Å². The van der Waals surface area contributed by atoms with Gasteiger partial charge in [0.1, 0.15) is 6.17 Å². The Morgan fingerprint density at radius 2 is 2.00 bits per heavy atom. The number of hydrogen-bond acceptors (Lipinski definition) is 2. The van der Waals surface area contributed by atoms with E-state index in [1.54, 1.807) is 0 Å². The van der Waals surface area contributed by atoms with E-state index in [1.807, 2.05) is 26.0 Å². The molecular formula is C29H43FO2. The van der Waals surface area contributed by atoms with Gasteiger partial charge in [0, 0.05) is 12.3 Å². The van der Waals surface area contributed by atoms with Gasteiger partial charge in [-0.15, -0.1) is 0 Å². The van der Waals surface area contributed by atoms with Crippen LogP contribution in [0, 0.1) is 23.2 Å². The van der Waals surface area contributed by atoms with Crippen LogP contribution in [-0.2, 0) is 0 Å². The van der Waals surface area contributed by atoms with Gasteiger partial charge in [-0.05, 0) is 73.3 Å². The molecule has 2 N–H and O–H groups in total. The topological polar surface area (TPSA) is 40.5 Å². The highest BCUT2D eigenvalue weighted by atomic mass is 19.1. The molecular weight excluding hydrogens is 399 g/mol. The molecule has 3 heteroatoms. The SMILES string of the molecule is C=C1C(=CC=C2CCCC3(C)C2C=CC3C(C)CC=CC(O)(CC)CC)CC(O)CC1F. The Morgan fingerprint density at radius 1 is 1.28 bits per heavy atom. The summed E-state index contributed by atoms with van der Waals surface area (Å²) in [5.41, 5.74) is 2.33. The minimum absolute atomic E-state index is 0.165. The molecule has 178 valence electrons. The van der Waals surface area contributed by atoms with Gasteiger partial charge >= 0.3 is 0 Å². The van der Waals surface area contributed by atoms with E-state index in [2.05, 4.69) is 44.7 Å². The summed E-state index contributed by atoms with van der Waals surface area (Å²) in [7, 11) is 0. The molecule has 0 heterocycles. The fraction of sp³-hybridized carbons (Fsp3) is 0.655. The Kier molecular flexibility index (Phi) is 8.04.